The molecule has 0 aliphatic carbocycles. The molecular formula is C21H26N4O5S. The van der Waals surface area contributed by atoms with Crippen LogP contribution >= 0.6 is 0 Å². The fourth-order valence-corrected chi connectivity index (χ4v) is 4.61. The summed E-state index contributed by atoms with van der Waals surface area (Å²) in [6.45, 7) is 2.99. The van der Waals surface area contributed by atoms with E-state index in [1.165, 1.54) is 31.5 Å². The van der Waals surface area contributed by atoms with Gasteiger partial charge < -0.3 is 10.2 Å². The zero-order valence-corrected chi connectivity index (χ0v) is 18.4. The van der Waals surface area contributed by atoms with Gasteiger partial charge in [0.2, 0.25) is 15.9 Å². The number of benzene rings is 2. The molecule has 10 heteroatoms. The van der Waals surface area contributed by atoms with Crippen molar-refractivity contribution in [2.24, 2.45) is 0 Å². The first-order valence-corrected chi connectivity index (χ1v) is 11.9. The highest BCUT2D eigenvalue weighted by atomic mass is 32.2. The standard InChI is InChI=1S/C21H26N4O5S/c1-16-19(7-6-8-20(16)25(27)28)24(31(2,29)30)15-21(26)22-17-9-11-18(12-10-17)23-13-4-3-5-14-23/h6-12H,3-5,13-15H2,1-2H3,(H,22,26). The van der Waals surface area contributed by atoms with Gasteiger partial charge >= 0.3 is 0 Å². The molecule has 31 heavy (non-hydrogen) atoms. The lowest BCUT2D eigenvalue weighted by molar-refractivity contribution is -0.385. The van der Waals surface area contributed by atoms with Gasteiger partial charge in [0.1, 0.15) is 6.54 Å². The second-order valence-electron chi connectivity index (χ2n) is 7.59. The lowest BCUT2D eigenvalue weighted by Gasteiger charge is -2.29. The number of nitrogens with zero attached hydrogens (tertiary/aromatic N) is 3. The van der Waals surface area contributed by atoms with E-state index in [1.807, 2.05) is 12.1 Å². The minimum absolute atomic E-state index is 0.104. The minimum atomic E-state index is -3.85. The Kier molecular flexibility index (Phi) is 6.79. The number of carbonyl (C=O) groups is 1. The summed E-state index contributed by atoms with van der Waals surface area (Å²) in [5, 5.41) is 13.9. The van der Waals surface area contributed by atoms with E-state index in [4.69, 9.17) is 0 Å². The van der Waals surface area contributed by atoms with E-state index in [0.29, 0.717) is 5.69 Å². The maximum Gasteiger partial charge on any atom is 0.274 e. The van der Waals surface area contributed by atoms with E-state index in [2.05, 4.69) is 10.2 Å². The number of amides is 1. The van der Waals surface area contributed by atoms with Crippen LogP contribution in [0.5, 0.6) is 0 Å². The average molecular weight is 447 g/mol. The molecule has 1 N–H and O–H groups in total. The Bertz CT molecular complexity index is 1060. The van der Waals surface area contributed by atoms with Crippen molar-refractivity contribution in [2.75, 3.05) is 40.4 Å². The highest BCUT2D eigenvalue weighted by Crippen LogP contribution is 2.30. The van der Waals surface area contributed by atoms with Crippen molar-refractivity contribution in [2.45, 2.75) is 26.2 Å². The zero-order chi connectivity index (χ0) is 22.6. The summed E-state index contributed by atoms with van der Waals surface area (Å²) in [5.74, 6) is -0.540. The maximum absolute atomic E-state index is 12.6. The molecule has 9 nitrogen and oxygen atoms in total. The van der Waals surface area contributed by atoms with Gasteiger partial charge in [0.25, 0.3) is 5.69 Å². The largest absolute Gasteiger partial charge is 0.372 e. The molecule has 0 unspecified atom stereocenters. The van der Waals surface area contributed by atoms with Crippen LogP contribution in [-0.4, -0.2) is 45.1 Å². The van der Waals surface area contributed by atoms with Crippen molar-refractivity contribution in [1.29, 1.82) is 0 Å². The lowest BCUT2D eigenvalue weighted by Crippen LogP contribution is -2.38. The third kappa shape index (κ3) is 5.52. The Morgan fingerprint density at radius 3 is 2.35 bits per heavy atom. The lowest BCUT2D eigenvalue weighted by atomic mass is 10.1. The highest BCUT2D eigenvalue weighted by molar-refractivity contribution is 7.92. The summed E-state index contributed by atoms with van der Waals surface area (Å²) >= 11 is 0. The van der Waals surface area contributed by atoms with Crippen LogP contribution in [0.25, 0.3) is 0 Å². The van der Waals surface area contributed by atoms with E-state index >= 15 is 0 Å². The maximum atomic E-state index is 12.6. The van der Waals surface area contributed by atoms with Crippen LogP contribution in [0.4, 0.5) is 22.7 Å². The monoisotopic (exact) mass is 446 g/mol. The number of nitro benzene ring substituents is 1. The highest BCUT2D eigenvalue weighted by Gasteiger charge is 2.25. The van der Waals surface area contributed by atoms with Gasteiger partial charge in [-0.25, -0.2) is 8.42 Å². The summed E-state index contributed by atoms with van der Waals surface area (Å²) in [6, 6.07) is 11.6. The zero-order valence-electron chi connectivity index (χ0n) is 17.6. The van der Waals surface area contributed by atoms with E-state index in [9.17, 15) is 23.3 Å². The molecule has 1 fully saturated rings. The van der Waals surface area contributed by atoms with Crippen molar-refractivity contribution in [3.05, 3.63) is 58.1 Å². The molecule has 1 saturated heterocycles. The Morgan fingerprint density at radius 1 is 1.13 bits per heavy atom. The molecule has 1 aliphatic heterocycles. The SMILES string of the molecule is Cc1c(N(CC(=O)Nc2ccc(N3CCCCC3)cc2)S(C)(=O)=O)cccc1[N+](=O)[O-]. The molecule has 0 aromatic heterocycles. The number of anilines is 3. The van der Waals surface area contributed by atoms with Crippen molar-refractivity contribution in [3.63, 3.8) is 0 Å². The van der Waals surface area contributed by atoms with Crippen molar-refractivity contribution < 1.29 is 18.1 Å². The topological polar surface area (TPSA) is 113 Å². The van der Waals surface area contributed by atoms with Gasteiger partial charge in [-0.1, -0.05) is 6.07 Å². The van der Waals surface area contributed by atoms with Crippen LogP contribution in [0.15, 0.2) is 42.5 Å². The molecule has 0 saturated carbocycles. The Balaban J connectivity index is 1.75. The number of rotatable bonds is 7. The number of piperidine rings is 1. The number of carbonyl (C=O) groups excluding carboxylic acids is 1. The summed E-state index contributed by atoms with van der Waals surface area (Å²) < 4.78 is 25.6. The molecule has 0 spiro atoms. The molecule has 2 aromatic carbocycles. The average Bonchev–Trinajstić information content (AvgIpc) is 2.73. The molecule has 1 aliphatic rings. The predicted molar refractivity (Wildman–Crippen MR) is 121 cm³/mol. The number of nitro groups is 1. The fourth-order valence-electron chi connectivity index (χ4n) is 3.70. The second kappa shape index (κ2) is 9.34. The van der Waals surface area contributed by atoms with Crippen molar-refractivity contribution >= 4 is 38.7 Å². The van der Waals surface area contributed by atoms with E-state index in [0.717, 1.165) is 42.2 Å². The molecule has 1 amide bonds. The van der Waals surface area contributed by atoms with Crippen molar-refractivity contribution in [3.8, 4) is 0 Å². The Morgan fingerprint density at radius 2 is 1.77 bits per heavy atom. The van der Waals surface area contributed by atoms with Gasteiger partial charge in [-0.3, -0.25) is 19.2 Å². The number of hydrogen-bond donors (Lipinski definition) is 1. The Hall–Kier alpha value is -3.14. The quantitative estimate of drug-likeness (QED) is 0.516. The first kappa shape index (κ1) is 22.5. The third-order valence-corrected chi connectivity index (χ3v) is 6.43. The fraction of sp³-hybridized carbons (Fsp3) is 0.381. The van der Waals surface area contributed by atoms with Crippen LogP contribution in [0.1, 0.15) is 24.8 Å². The van der Waals surface area contributed by atoms with E-state index < -0.39 is 27.4 Å². The van der Waals surface area contributed by atoms with Gasteiger partial charge in [-0.2, -0.15) is 0 Å². The summed E-state index contributed by atoms with van der Waals surface area (Å²) in [4.78, 5) is 25.5. The summed E-state index contributed by atoms with van der Waals surface area (Å²) in [5.41, 5.74) is 1.71. The normalized spacial score (nSPS) is 14.2. The first-order chi connectivity index (χ1) is 14.7. The molecule has 1 heterocycles. The number of hydrogen-bond acceptors (Lipinski definition) is 6. The molecule has 2 aromatic rings. The van der Waals surface area contributed by atoms with Gasteiger partial charge in [0.05, 0.1) is 22.4 Å². The van der Waals surface area contributed by atoms with Gasteiger partial charge in [-0.05, 0) is 56.5 Å². The molecule has 0 radical (unpaired) electrons. The van der Waals surface area contributed by atoms with E-state index in [-0.39, 0.29) is 16.9 Å². The minimum Gasteiger partial charge on any atom is -0.372 e. The van der Waals surface area contributed by atoms with Crippen LogP contribution in [0, 0.1) is 17.0 Å². The molecule has 3 rings (SSSR count). The van der Waals surface area contributed by atoms with Crippen LogP contribution in [0.3, 0.4) is 0 Å². The van der Waals surface area contributed by atoms with Gasteiger partial charge in [-0.15, -0.1) is 0 Å². The summed E-state index contributed by atoms with van der Waals surface area (Å²) in [7, 11) is -3.85. The first-order valence-electron chi connectivity index (χ1n) is 10.0. The van der Waals surface area contributed by atoms with Crippen molar-refractivity contribution in [1.82, 2.24) is 0 Å². The summed E-state index contributed by atoms with van der Waals surface area (Å²) in [6.07, 6.45) is 4.53. The predicted octanol–water partition coefficient (Wildman–Crippen LogP) is 3.30. The van der Waals surface area contributed by atoms with Gasteiger partial charge in [0, 0.05) is 30.5 Å². The second-order valence-corrected chi connectivity index (χ2v) is 9.50. The third-order valence-electron chi connectivity index (χ3n) is 5.30. The molecular weight excluding hydrogens is 420 g/mol. The number of sulfonamides is 1. The molecule has 0 atom stereocenters. The van der Waals surface area contributed by atoms with Crippen LogP contribution in [-0.2, 0) is 14.8 Å². The smallest absolute Gasteiger partial charge is 0.274 e. The number of nitrogens with one attached hydrogen (secondary N) is 1. The Labute approximate surface area is 181 Å². The van der Waals surface area contributed by atoms with Crippen LogP contribution in [0.2, 0.25) is 0 Å². The molecule has 0 bridgehead atoms. The molecule has 166 valence electrons. The van der Waals surface area contributed by atoms with Crippen LogP contribution < -0.4 is 14.5 Å². The van der Waals surface area contributed by atoms with Gasteiger partial charge in [0.15, 0.2) is 0 Å². The van der Waals surface area contributed by atoms with E-state index in [1.54, 1.807) is 12.1 Å².